The summed E-state index contributed by atoms with van der Waals surface area (Å²) in [5.41, 5.74) is 6.50. The van der Waals surface area contributed by atoms with Gasteiger partial charge in [-0.1, -0.05) is 26.7 Å². The molecule has 0 radical (unpaired) electrons. The van der Waals surface area contributed by atoms with Crippen LogP contribution in [0.5, 0.6) is 0 Å². The first kappa shape index (κ1) is 19.6. The first-order valence-electron chi connectivity index (χ1n) is 9.59. The molecule has 0 spiro atoms. The standard InChI is InChI=1S/C19H33N5O/c1-15(2)19-21-16(3)14-17(22-19)23-10-12-24(13-11-23)18(25)8-6-4-5-7-9-20/h14-15H,4-13,20H2,1-3H3. The Hall–Kier alpha value is -1.69. The van der Waals surface area contributed by atoms with Crippen LogP contribution in [0.25, 0.3) is 0 Å². The maximum absolute atomic E-state index is 12.3. The van der Waals surface area contributed by atoms with Crippen molar-refractivity contribution in [1.82, 2.24) is 14.9 Å². The Morgan fingerprint density at radius 2 is 1.80 bits per heavy atom. The van der Waals surface area contributed by atoms with Crippen LogP contribution in [-0.2, 0) is 4.79 Å². The van der Waals surface area contributed by atoms with E-state index < -0.39 is 0 Å². The van der Waals surface area contributed by atoms with Gasteiger partial charge in [0.2, 0.25) is 5.91 Å². The molecule has 2 heterocycles. The third-order valence-corrected chi connectivity index (χ3v) is 4.68. The lowest BCUT2D eigenvalue weighted by Crippen LogP contribution is -2.49. The number of nitrogens with two attached hydrogens (primary N) is 1. The van der Waals surface area contributed by atoms with Crippen molar-refractivity contribution >= 4 is 11.7 Å². The summed E-state index contributed by atoms with van der Waals surface area (Å²) >= 11 is 0. The van der Waals surface area contributed by atoms with Gasteiger partial charge in [-0.05, 0) is 26.3 Å². The van der Waals surface area contributed by atoms with Gasteiger partial charge in [0, 0.05) is 50.3 Å². The molecule has 25 heavy (non-hydrogen) atoms. The fourth-order valence-electron chi connectivity index (χ4n) is 3.11. The fraction of sp³-hybridized carbons (Fsp3) is 0.737. The van der Waals surface area contributed by atoms with Crippen LogP contribution in [-0.4, -0.2) is 53.5 Å². The molecule has 6 nitrogen and oxygen atoms in total. The van der Waals surface area contributed by atoms with Gasteiger partial charge >= 0.3 is 0 Å². The van der Waals surface area contributed by atoms with Gasteiger partial charge in [-0.2, -0.15) is 0 Å². The summed E-state index contributed by atoms with van der Waals surface area (Å²) in [6.07, 6.45) is 4.92. The number of unbranched alkanes of at least 4 members (excludes halogenated alkanes) is 3. The zero-order valence-electron chi connectivity index (χ0n) is 16.0. The maximum Gasteiger partial charge on any atom is 0.222 e. The summed E-state index contributed by atoms with van der Waals surface area (Å²) in [4.78, 5) is 25.8. The van der Waals surface area contributed by atoms with Crippen LogP contribution in [0.4, 0.5) is 5.82 Å². The summed E-state index contributed by atoms with van der Waals surface area (Å²) in [5.74, 6) is 2.49. The largest absolute Gasteiger partial charge is 0.353 e. The predicted octanol–water partition coefficient (Wildman–Crippen LogP) is 2.47. The van der Waals surface area contributed by atoms with Gasteiger partial charge in [0.15, 0.2) is 0 Å². The van der Waals surface area contributed by atoms with E-state index in [-0.39, 0.29) is 5.91 Å². The number of amides is 1. The van der Waals surface area contributed by atoms with Crippen molar-refractivity contribution in [2.45, 2.75) is 58.8 Å². The highest BCUT2D eigenvalue weighted by Crippen LogP contribution is 2.19. The Balaban J connectivity index is 1.82. The zero-order valence-corrected chi connectivity index (χ0v) is 16.0. The molecule has 0 aromatic carbocycles. The first-order chi connectivity index (χ1) is 12.0. The zero-order chi connectivity index (χ0) is 18.2. The van der Waals surface area contributed by atoms with E-state index in [9.17, 15) is 4.79 Å². The lowest BCUT2D eigenvalue weighted by Gasteiger charge is -2.35. The number of carbonyl (C=O) groups is 1. The number of anilines is 1. The van der Waals surface area contributed by atoms with Crippen LogP contribution < -0.4 is 10.6 Å². The van der Waals surface area contributed by atoms with Crippen LogP contribution in [0.15, 0.2) is 6.07 Å². The third-order valence-electron chi connectivity index (χ3n) is 4.68. The summed E-state index contributed by atoms with van der Waals surface area (Å²) in [5, 5.41) is 0. The molecule has 6 heteroatoms. The molecule has 1 aliphatic heterocycles. The Morgan fingerprint density at radius 3 is 2.44 bits per heavy atom. The summed E-state index contributed by atoms with van der Waals surface area (Å²) in [7, 11) is 0. The topological polar surface area (TPSA) is 75.3 Å². The first-order valence-corrected chi connectivity index (χ1v) is 9.59. The molecule has 0 saturated carbocycles. The number of aryl methyl sites for hydroxylation is 1. The molecular formula is C19H33N5O. The van der Waals surface area contributed by atoms with Gasteiger partial charge in [0.25, 0.3) is 0 Å². The third kappa shape index (κ3) is 5.96. The molecule has 0 unspecified atom stereocenters. The highest BCUT2D eigenvalue weighted by Gasteiger charge is 2.22. The van der Waals surface area contributed by atoms with Crippen molar-refractivity contribution in [2.24, 2.45) is 5.73 Å². The molecule has 1 saturated heterocycles. The number of nitrogens with zero attached hydrogens (tertiary/aromatic N) is 4. The van der Waals surface area contributed by atoms with E-state index in [4.69, 9.17) is 10.7 Å². The number of hydrogen-bond donors (Lipinski definition) is 1. The quantitative estimate of drug-likeness (QED) is 0.731. The van der Waals surface area contributed by atoms with E-state index in [0.29, 0.717) is 12.3 Å². The van der Waals surface area contributed by atoms with E-state index in [1.807, 2.05) is 17.9 Å². The van der Waals surface area contributed by atoms with Gasteiger partial charge in [-0.25, -0.2) is 9.97 Å². The second-order valence-corrected chi connectivity index (χ2v) is 7.20. The van der Waals surface area contributed by atoms with Crippen molar-refractivity contribution in [1.29, 1.82) is 0 Å². The van der Waals surface area contributed by atoms with Crippen molar-refractivity contribution in [2.75, 3.05) is 37.6 Å². The van der Waals surface area contributed by atoms with Crippen LogP contribution in [0.3, 0.4) is 0 Å². The Bertz CT molecular complexity index is 553. The van der Waals surface area contributed by atoms with E-state index in [1.165, 1.54) is 0 Å². The van der Waals surface area contributed by atoms with Gasteiger partial charge in [0.05, 0.1) is 0 Å². The Labute approximate surface area is 151 Å². The Morgan fingerprint density at radius 1 is 1.12 bits per heavy atom. The number of aromatic nitrogens is 2. The lowest BCUT2D eigenvalue weighted by atomic mass is 10.1. The minimum Gasteiger partial charge on any atom is -0.353 e. The van der Waals surface area contributed by atoms with Gasteiger partial charge in [-0.3, -0.25) is 4.79 Å². The average Bonchev–Trinajstić information content (AvgIpc) is 2.61. The fourth-order valence-corrected chi connectivity index (χ4v) is 3.11. The molecule has 1 amide bonds. The molecule has 1 fully saturated rings. The highest BCUT2D eigenvalue weighted by molar-refractivity contribution is 5.76. The minimum absolute atomic E-state index is 0.286. The molecule has 2 rings (SSSR count). The second-order valence-electron chi connectivity index (χ2n) is 7.20. The number of carbonyl (C=O) groups excluding carboxylic acids is 1. The van der Waals surface area contributed by atoms with Gasteiger partial charge in [0.1, 0.15) is 11.6 Å². The van der Waals surface area contributed by atoms with E-state index in [1.54, 1.807) is 0 Å². The molecule has 1 aliphatic rings. The van der Waals surface area contributed by atoms with Crippen molar-refractivity contribution < 1.29 is 4.79 Å². The monoisotopic (exact) mass is 347 g/mol. The van der Waals surface area contributed by atoms with E-state index in [2.05, 4.69) is 23.7 Å². The molecule has 0 aliphatic carbocycles. The van der Waals surface area contributed by atoms with E-state index in [0.717, 1.165) is 75.7 Å². The molecule has 0 bridgehead atoms. The molecular weight excluding hydrogens is 314 g/mol. The summed E-state index contributed by atoms with van der Waals surface area (Å²) in [6, 6.07) is 2.04. The molecule has 1 aromatic heterocycles. The lowest BCUT2D eigenvalue weighted by molar-refractivity contribution is -0.131. The van der Waals surface area contributed by atoms with Crippen LogP contribution >= 0.6 is 0 Å². The average molecular weight is 348 g/mol. The van der Waals surface area contributed by atoms with Crippen molar-refractivity contribution in [3.8, 4) is 0 Å². The minimum atomic E-state index is 0.286. The Kier molecular flexibility index (Phi) is 7.62. The van der Waals surface area contributed by atoms with Crippen molar-refractivity contribution in [3.63, 3.8) is 0 Å². The van der Waals surface area contributed by atoms with Gasteiger partial charge in [-0.15, -0.1) is 0 Å². The van der Waals surface area contributed by atoms with Crippen LogP contribution in [0.1, 0.15) is 63.4 Å². The van der Waals surface area contributed by atoms with E-state index >= 15 is 0 Å². The molecule has 2 N–H and O–H groups in total. The molecule has 0 atom stereocenters. The van der Waals surface area contributed by atoms with Crippen LogP contribution in [0, 0.1) is 6.92 Å². The van der Waals surface area contributed by atoms with Crippen molar-refractivity contribution in [3.05, 3.63) is 17.6 Å². The SMILES string of the molecule is Cc1cc(N2CCN(C(=O)CCCCCCN)CC2)nc(C(C)C)n1. The molecule has 140 valence electrons. The van der Waals surface area contributed by atoms with Crippen LogP contribution in [0.2, 0.25) is 0 Å². The number of hydrogen-bond acceptors (Lipinski definition) is 5. The normalized spacial score (nSPS) is 15.1. The predicted molar refractivity (Wildman–Crippen MR) is 102 cm³/mol. The molecule has 1 aromatic rings. The smallest absolute Gasteiger partial charge is 0.222 e. The maximum atomic E-state index is 12.3. The summed E-state index contributed by atoms with van der Waals surface area (Å²) in [6.45, 7) is 10.2. The summed E-state index contributed by atoms with van der Waals surface area (Å²) < 4.78 is 0. The second kappa shape index (κ2) is 9.70. The number of rotatable bonds is 8. The number of piperazine rings is 1. The highest BCUT2D eigenvalue weighted by atomic mass is 16.2. The van der Waals surface area contributed by atoms with Gasteiger partial charge < -0.3 is 15.5 Å².